The monoisotopic (exact) mass is 414 g/mol. The Kier molecular flexibility index (Phi) is 7.84. The van der Waals surface area contributed by atoms with E-state index in [1.165, 1.54) is 10.6 Å². The lowest BCUT2D eigenvalue weighted by molar-refractivity contribution is -0.125. The van der Waals surface area contributed by atoms with E-state index in [0.717, 1.165) is 25.0 Å². The molecule has 2 N–H and O–H groups in total. The van der Waals surface area contributed by atoms with Crippen LogP contribution in [-0.4, -0.2) is 54.0 Å². The number of nitrogens with one attached hydrogen (secondary N) is 2. The van der Waals surface area contributed by atoms with Crippen LogP contribution >= 0.6 is 0 Å². The summed E-state index contributed by atoms with van der Waals surface area (Å²) in [5.74, 6) is 0.693. The fourth-order valence-corrected chi connectivity index (χ4v) is 3.84. The molecule has 1 saturated heterocycles. The molecule has 8 nitrogen and oxygen atoms in total. The summed E-state index contributed by atoms with van der Waals surface area (Å²) in [6.45, 7) is 1.96. The van der Waals surface area contributed by atoms with Crippen LogP contribution in [0.2, 0.25) is 0 Å². The molecule has 2 amide bonds. The van der Waals surface area contributed by atoms with Gasteiger partial charge in [0.25, 0.3) is 5.56 Å². The van der Waals surface area contributed by atoms with Crippen LogP contribution in [-0.2, 0) is 22.6 Å². The lowest BCUT2D eigenvalue weighted by Gasteiger charge is -2.22. The fourth-order valence-electron chi connectivity index (χ4n) is 3.84. The third kappa shape index (κ3) is 6.59. The summed E-state index contributed by atoms with van der Waals surface area (Å²) >= 11 is 0. The number of pyridine rings is 1. The van der Waals surface area contributed by atoms with Crippen molar-refractivity contribution in [2.24, 2.45) is 5.92 Å². The molecule has 2 aromatic heterocycles. The zero-order valence-corrected chi connectivity index (χ0v) is 17.4. The number of aromatic nitrogens is 1. The standard InChI is InChI=1S/C22H30N4O4/c1-25-14-17(22(29)23-11-4-6-19-7-5-13-30-19)9-10-18(15-25)24-20(27)16-26-12-3-2-8-21(26)28/h2-3,5,7-8,12-13,17-18H,4,6,9-11,14-16H2,1H3,(H,23,29)(H,24,27)/t17-,18+/m1/s1. The number of carbonyl (C=O) groups excluding carboxylic acids is 2. The Bertz CT molecular complexity index is 877. The second-order valence-corrected chi connectivity index (χ2v) is 7.90. The Morgan fingerprint density at radius 2 is 2.03 bits per heavy atom. The second kappa shape index (κ2) is 10.8. The van der Waals surface area contributed by atoms with Gasteiger partial charge in [-0.05, 0) is 44.5 Å². The number of hydrogen-bond donors (Lipinski definition) is 2. The number of likely N-dealkylation sites (N-methyl/N-ethyl adjacent to an activating group) is 1. The number of furan rings is 1. The van der Waals surface area contributed by atoms with Crippen molar-refractivity contribution in [3.05, 3.63) is 58.9 Å². The summed E-state index contributed by atoms with van der Waals surface area (Å²) in [5, 5.41) is 6.03. The first-order valence-corrected chi connectivity index (χ1v) is 10.4. The minimum atomic E-state index is -0.200. The molecule has 0 radical (unpaired) electrons. The van der Waals surface area contributed by atoms with Crippen LogP contribution in [0, 0.1) is 5.92 Å². The molecule has 2 aromatic rings. The molecule has 2 atom stereocenters. The topological polar surface area (TPSA) is 96.6 Å². The van der Waals surface area contributed by atoms with Crippen molar-refractivity contribution in [1.29, 1.82) is 0 Å². The number of likely N-dealkylation sites (tertiary alicyclic amines) is 1. The van der Waals surface area contributed by atoms with Crippen LogP contribution in [0.1, 0.15) is 25.0 Å². The highest BCUT2D eigenvalue weighted by molar-refractivity contribution is 5.79. The van der Waals surface area contributed by atoms with Crippen LogP contribution in [0.5, 0.6) is 0 Å². The van der Waals surface area contributed by atoms with Gasteiger partial charge >= 0.3 is 0 Å². The molecule has 162 valence electrons. The minimum absolute atomic E-state index is 0.000525. The van der Waals surface area contributed by atoms with Gasteiger partial charge in [0, 0.05) is 44.4 Å². The van der Waals surface area contributed by atoms with Gasteiger partial charge < -0.3 is 24.5 Å². The smallest absolute Gasteiger partial charge is 0.250 e. The van der Waals surface area contributed by atoms with Crippen molar-refractivity contribution in [3.8, 4) is 0 Å². The molecule has 1 aliphatic rings. The summed E-state index contributed by atoms with van der Waals surface area (Å²) in [7, 11) is 1.96. The number of amides is 2. The first-order chi connectivity index (χ1) is 14.5. The van der Waals surface area contributed by atoms with Crippen molar-refractivity contribution < 1.29 is 14.0 Å². The van der Waals surface area contributed by atoms with Crippen molar-refractivity contribution in [3.63, 3.8) is 0 Å². The zero-order chi connectivity index (χ0) is 21.3. The predicted octanol–water partition coefficient (Wildman–Crippen LogP) is 1.02. The molecular weight excluding hydrogens is 384 g/mol. The van der Waals surface area contributed by atoms with Gasteiger partial charge in [-0.1, -0.05) is 6.07 Å². The van der Waals surface area contributed by atoms with E-state index in [1.807, 2.05) is 19.2 Å². The molecule has 0 saturated carbocycles. The molecule has 0 bridgehead atoms. The van der Waals surface area contributed by atoms with Gasteiger partial charge in [0.2, 0.25) is 11.8 Å². The molecule has 30 heavy (non-hydrogen) atoms. The number of aryl methyl sites for hydroxylation is 1. The maximum Gasteiger partial charge on any atom is 0.250 e. The highest BCUT2D eigenvalue weighted by Gasteiger charge is 2.27. The third-order valence-corrected chi connectivity index (χ3v) is 5.36. The van der Waals surface area contributed by atoms with Crippen LogP contribution in [0.3, 0.4) is 0 Å². The average molecular weight is 415 g/mol. The highest BCUT2D eigenvalue weighted by Crippen LogP contribution is 2.16. The number of hydrogen-bond acceptors (Lipinski definition) is 5. The Labute approximate surface area is 176 Å². The minimum Gasteiger partial charge on any atom is -0.469 e. The largest absolute Gasteiger partial charge is 0.469 e. The van der Waals surface area contributed by atoms with E-state index in [0.29, 0.717) is 26.1 Å². The molecular formula is C22H30N4O4. The van der Waals surface area contributed by atoms with Crippen molar-refractivity contribution in [1.82, 2.24) is 20.1 Å². The number of nitrogens with zero attached hydrogens (tertiary/aromatic N) is 2. The molecule has 1 fully saturated rings. The predicted molar refractivity (Wildman–Crippen MR) is 113 cm³/mol. The normalized spacial score (nSPS) is 19.8. The molecule has 3 rings (SSSR count). The van der Waals surface area contributed by atoms with E-state index < -0.39 is 0 Å². The average Bonchev–Trinajstić information content (AvgIpc) is 3.16. The first-order valence-electron chi connectivity index (χ1n) is 10.4. The van der Waals surface area contributed by atoms with E-state index in [9.17, 15) is 14.4 Å². The van der Waals surface area contributed by atoms with E-state index in [2.05, 4.69) is 15.5 Å². The van der Waals surface area contributed by atoms with Crippen LogP contribution < -0.4 is 16.2 Å². The molecule has 3 heterocycles. The SMILES string of the molecule is CN1C[C@@H](NC(=O)Cn2ccccc2=O)CC[C@@H](C(=O)NCCCc2ccco2)C1. The third-order valence-electron chi connectivity index (χ3n) is 5.36. The molecule has 0 unspecified atom stereocenters. The van der Waals surface area contributed by atoms with E-state index in [-0.39, 0.29) is 35.9 Å². The van der Waals surface area contributed by atoms with Gasteiger partial charge in [0.05, 0.1) is 12.2 Å². The molecule has 1 aliphatic heterocycles. The van der Waals surface area contributed by atoms with E-state index in [4.69, 9.17) is 4.42 Å². The molecule has 0 aromatic carbocycles. The van der Waals surface area contributed by atoms with Crippen molar-refractivity contribution >= 4 is 11.8 Å². The quantitative estimate of drug-likeness (QED) is 0.629. The number of rotatable bonds is 8. The number of carbonyl (C=O) groups is 2. The molecule has 0 spiro atoms. The van der Waals surface area contributed by atoms with Crippen LogP contribution in [0.25, 0.3) is 0 Å². The summed E-state index contributed by atoms with van der Waals surface area (Å²) in [4.78, 5) is 38.8. The van der Waals surface area contributed by atoms with Gasteiger partial charge in [0.15, 0.2) is 0 Å². The van der Waals surface area contributed by atoms with Gasteiger partial charge in [-0.25, -0.2) is 0 Å². The van der Waals surface area contributed by atoms with Gasteiger partial charge in [0.1, 0.15) is 12.3 Å². The zero-order valence-electron chi connectivity index (χ0n) is 17.4. The van der Waals surface area contributed by atoms with Gasteiger partial charge in [-0.15, -0.1) is 0 Å². The van der Waals surface area contributed by atoms with E-state index in [1.54, 1.807) is 24.6 Å². The summed E-state index contributed by atoms with van der Waals surface area (Å²) in [5.41, 5.74) is -0.200. The fraction of sp³-hybridized carbons (Fsp3) is 0.500. The maximum absolute atomic E-state index is 12.6. The summed E-state index contributed by atoms with van der Waals surface area (Å²) in [6, 6.07) is 8.57. The van der Waals surface area contributed by atoms with Crippen molar-refractivity contribution in [2.45, 2.75) is 38.3 Å². The molecule has 0 aliphatic carbocycles. The van der Waals surface area contributed by atoms with E-state index >= 15 is 0 Å². The maximum atomic E-state index is 12.6. The van der Waals surface area contributed by atoms with Gasteiger partial charge in [-0.3, -0.25) is 14.4 Å². The second-order valence-electron chi connectivity index (χ2n) is 7.90. The van der Waals surface area contributed by atoms with Crippen LogP contribution in [0.15, 0.2) is 52.0 Å². The summed E-state index contributed by atoms with van der Waals surface area (Å²) in [6.07, 6.45) is 6.33. The first kappa shape index (κ1) is 21.8. The Morgan fingerprint density at radius 3 is 2.80 bits per heavy atom. The lowest BCUT2D eigenvalue weighted by Crippen LogP contribution is -2.43. The Balaban J connectivity index is 1.42. The Morgan fingerprint density at radius 1 is 1.17 bits per heavy atom. The van der Waals surface area contributed by atoms with Crippen LogP contribution in [0.4, 0.5) is 0 Å². The Hall–Kier alpha value is -2.87. The summed E-state index contributed by atoms with van der Waals surface area (Å²) < 4.78 is 6.69. The molecule has 8 heteroatoms. The van der Waals surface area contributed by atoms with Crippen molar-refractivity contribution in [2.75, 3.05) is 26.7 Å². The van der Waals surface area contributed by atoms with Gasteiger partial charge in [-0.2, -0.15) is 0 Å². The lowest BCUT2D eigenvalue weighted by atomic mass is 10.0. The highest BCUT2D eigenvalue weighted by atomic mass is 16.3.